The number of anilines is 2. The Morgan fingerprint density at radius 3 is 2.76 bits per heavy atom. The van der Waals surface area contributed by atoms with E-state index >= 15 is 0 Å². The molecule has 1 heterocycles. The molecule has 1 aliphatic heterocycles. The summed E-state index contributed by atoms with van der Waals surface area (Å²) in [5.74, 6) is 0. The number of hydrogen-bond acceptors (Lipinski definition) is 3. The van der Waals surface area contributed by atoms with Crippen LogP contribution in [0.2, 0.25) is 0 Å². The second-order valence-electron chi connectivity index (χ2n) is 4.96. The third-order valence-electron chi connectivity index (χ3n) is 3.38. The molecule has 94 valence electrons. The molecule has 1 saturated heterocycles. The van der Waals surface area contributed by atoms with Gasteiger partial charge in [0.15, 0.2) is 0 Å². The summed E-state index contributed by atoms with van der Waals surface area (Å²) in [7, 11) is 4.21. The molecule has 0 unspecified atom stereocenters. The lowest BCUT2D eigenvalue weighted by molar-refractivity contribution is 0.724. The summed E-state index contributed by atoms with van der Waals surface area (Å²) in [5.41, 5.74) is 4.01. The van der Waals surface area contributed by atoms with Crippen molar-refractivity contribution in [1.29, 1.82) is 0 Å². The Hall–Kier alpha value is -1.22. The fourth-order valence-corrected chi connectivity index (χ4v) is 2.38. The normalized spacial score (nSPS) is 16.8. The molecule has 0 saturated carbocycles. The number of hydrogen-bond donors (Lipinski definition) is 1. The molecule has 3 nitrogen and oxygen atoms in total. The van der Waals surface area contributed by atoms with Crippen LogP contribution in [-0.2, 0) is 0 Å². The number of benzene rings is 1. The molecule has 2 rings (SSSR count). The average molecular weight is 233 g/mol. The zero-order chi connectivity index (χ0) is 12.3. The third kappa shape index (κ3) is 2.91. The monoisotopic (exact) mass is 233 g/mol. The van der Waals surface area contributed by atoms with Crippen molar-refractivity contribution in [3.63, 3.8) is 0 Å². The van der Waals surface area contributed by atoms with Crippen LogP contribution in [0.1, 0.15) is 12.0 Å². The molecule has 1 aliphatic rings. The number of nitrogens with one attached hydrogen (secondary N) is 1. The Morgan fingerprint density at radius 1 is 1.18 bits per heavy atom. The topological polar surface area (TPSA) is 18.5 Å². The van der Waals surface area contributed by atoms with Crippen LogP contribution >= 0.6 is 0 Å². The zero-order valence-corrected chi connectivity index (χ0v) is 11.2. The first-order valence-corrected chi connectivity index (χ1v) is 6.42. The summed E-state index contributed by atoms with van der Waals surface area (Å²) in [6.07, 6.45) is 1.23. The van der Waals surface area contributed by atoms with Gasteiger partial charge in [-0.2, -0.15) is 0 Å². The van der Waals surface area contributed by atoms with E-state index in [1.807, 2.05) is 0 Å². The number of rotatable bonds is 2. The molecule has 0 radical (unpaired) electrons. The third-order valence-corrected chi connectivity index (χ3v) is 3.38. The Labute approximate surface area is 104 Å². The molecule has 1 N–H and O–H groups in total. The van der Waals surface area contributed by atoms with Crippen molar-refractivity contribution in [2.75, 3.05) is 50.1 Å². The fraction of sp³-hybridized carbons (Fsp3) is 0.571. The van der Waals surface area contributed by atoms with E-state index in [4.69, 9.17) is 0 Å². The van der Waals surface area contributed by atoms with Gasteiger partial charge in [-0.05, 0) is 37.6 Å². The molecule has 0 bridgehead atoms. The van der Waals surface area contributed by atoms with Crippen molar-refractivity contribution in [3.05, 3.63) is 23.8 Å². The molecule has 3 heteroatoms. The van der Waals surface area contributed by atoms with Crippen LogP contribution in [0.3, 0.4) is 0 Å². The summed E-state index contributed by atoms with van der Waals surface area (Å²) in [6, 6.07) is 6.78. The van der Waals surface area contributed by atoms with Crippen molar-refractivity contribution >= 4 is 11.4 Å². The van der Waals surface area contributed by atoms with Gasteiger partial charge in [-0.25, -0.2) is 0 Å². The average Bonchev–Trinajstić information content (AvgIpc) is 2.58. The molecule has 0 aromatic heterocycles. The van der Waals surface area contributed by atoms with Crippen molar-refractivity contribution in [2.24, 2.45) is 0 Å². The number of nitrogens with zero attached hydrogens (tertiary/aromatic N) is 2. The second-order valence-corrected chi connectivity index (χ2v) is 4.96. The van der Waals surface area contributed by atoms with Gasteiger partial charge in [-0.3, -0.25) is 0 Å². The molecule has 1 fully saturated rings. The van der Waals surface area contributed by atoms with Gasteiger partial charge in [0.1, 0.15) is 0 Å². The van der Waals surface area contributed by atoms with E-state index in [9.17, 15) is 0 Å². The predicted molar refractivity (Wildman–Crippen MR) is 75.2 cm³/mol. The molecule has 1 aromatic carbocycles. The van der Waals surface area contributed by atoms with Crippen molar-refractivity contribution in [2.45, 2.75) is 13.3 Å². The van der Waals surface area contributed by atoms with Crippen LogP contribution in [0, 0.1) is 6.92 Å². The minimum absolute atomic E-state index is 1.09. The van der Waals surface area contributed by atoms with E-state index in [2.05, 4.69) is 54.3 Å². The standard InChI is InChI=1S/C14H23N3/c1-12-5-6-13(11-14(12)16(2)3)17-9-4-7-15-8-10-17/h5-6,11,15H,4,7-10H2,1-3H3. The van der Waals surface area contributed by atoms with E-state index < -0.39 is 0 Å². The predicted octanol–water partition coefficient (Wildman–Crippen LogP) is 1.86. The van der Waals surface area contributed by atoms with Crippen LogP contribution in [0.15, 0.2) is 18.2 Å². The highest BCUT2D eigenvalue weighted by molar-refractivity contribution is 5.63. The summed E-state index contributed by atoms with van der Waals surface area (Å²) < 4.78 is 0. The zero-order valence-electron chi connectivity index (χ0n) is 11.2. The molecule has 17 heavy (non-hydrogen) atoms. The van der Waals surface area contributed by atoms with Gasteiger partial charge in [0.25, 0.3) is 0 Å². The first kappa shape index (κ1) is 12.2. The maximum absolute atomic E-state index is 3.44. The van der Waals surface area contributed by atoms with Gasteiger partial charge in [-0.15, -0.1) is 0 Å². The highest BCUT2D eigenvalue weighted by atomic mass is 15.2. The van der Waals surface area contributed by atoms with Crippen LogP contribution in [-0.4, -0.2) is 40.3 Å². The minimum Gasteiger partial charge on any atom is -0.377 e. The first-order valence-electron chi connectivity index (χ1n) is 6.42. The Bertz CT molecular complexity index is 366. The lowest BCUT2D eigenvalue weighted by atomic mass is 10.1. The number of aryl methyl sites for hydroxylation is 1. The fourth-order valence-electron chi connectivity index (χ4n) is 2.38. The van der Waals surface area contributed by atoms with Crippen molar-refractivity contribution in [3.8, 4) is 0 Å². The lowest BCUT2D eigenvalue weighted by Gasteiger charge is -2.25. The van der Waals surface area contributed by atoms with Crippen LogP contribution in [0.5, 0.6) is 0 Å². The Kier molecular flexibility index (Phi) is 3.89. The molecule has 0 atom stereocenters. The first-order chi connectivity index (χ1) is 8.18. The van der Waals surface area contributed by atoms with Crippen LogP contribution in [0.25, 0.3) is 0 Å². The van der Waals surface area contributed by atoms with E-state index in [-0.39, 0.29) is 0 Å². The Morgan fingerprint density at radius 2 is 2.00 bits per heavy atom. The molecule has 1 aromatic rings. The summed E-state index contributed by atoms with van der Waals surface area (Å²) >= 11 is 0. The maximum atomic E-state index is 3.44. The van der Waals surface area contributed by atoms with E-state index in [1.165, 1.54) is 23.4 Å². The second kappa shape index (κ2) is 5.41. The van der Waals surface area contributed by atoms with Gasteiger partial charge < -0.3 is 15.1 Å². The SMILES string of the molecule is Cc1ccc(N2CCCNCC2)cc1N(C)C. The summed E-state index contributed by atoms with van der Waals surface area (Å²) in [4.78, 5) is 4.67. The minimum atomic E-state index is 1.09. The highest BCUT2D eigenvalue weighted by Gasteiger charge is 2.11. The largest absolute Gasteiger partial charge is 0.377 e. The summed E-state index contributed by atoms with van der Waals surface area (Å²) in [6.45, 7) is 6.66. The molecule has 0 amide bonds. The molecule has 0 aliphatic carbocycles. The lowest BCUT2D eigenvalue weighted by Crippen LogP contribution is -2.28. The van der Waals surface area contributed by atoms with E-state index in [1.54, 1.807) is 0 Å². The van der Waals surface area contributed by atoms with Gasteiger partial charge in [-0.1, -0.05) is 6.07 Å². The molecular weight excluding hydrogens is 210 g/mol. The van der Waals surface area contributed by atoms with Gasteiger partial charge in [0, 0.05) is 45.1 Å². The summed E-state index contributed by atoms with van der Waals surface area (Å²) in [5, 5.41) is 3.44. The Balaban J connectivity index is 2.22. The maximum Gasteiger partial charge on any atom is 0.0411 e. The van der Waals surface area contributed by atoms with Crippen LogP contribution in [0.4, 0.5) is 11.4 Å². The highest BCUT2D eigenvalue weighted by Crippen LogP contribution is 2.25. The quantitative estimate of drug-likeness (QED) is 0.841. The van der Waals surface area contributed by atoms with Crippen molar-refractivity contribution in [1.82, 2.24) is 5.32 Å². The van der Waals surface area contributed by atoms with Gasteiger partial charge in [0.05, 0.1) is 0 Å². The molecule has 0 spiro atoms. The van der Waals surface area contributed by atoms with Gasteiger partial charge >= 0.3 is 0 Å². The van der Waals surface area contributed by atoms with E-state index in [0.29, 0.717) is 0 Å². The van der Waals surface area contributed by atoms with Crippen molar-refractivity contribution < 1.29 is 0 Å². The van der Waals surface area contributed by atoms with Crippen LogP contribution < -0.4 is 15.1 Å². The molecular formula is C14H23N3. The van der Waals surface area contributed by atoms with E-state index in [0.717, 1.165) is 26.2 Å². The smallest absolute Gasteiger partial charge is 0.0411 e. The van der Waals surface area contributed by atoms with Gasteiger partial charge in [0.2, 0.25) is 0 Å².